The van der Waals surface area contributed by atoms with Gasteiger partial charge < -0.3 is 0 Å². The molecule has 55 valence electrons. The molecule has 1 heterocycles. The third-order valence-electron chi connectivity index (χ3n) is 1.62. The fourth-order valence-corrected chi connectivity index (χ4v) is 1.74. The molecular weight excluding hydrogens is 140 g/mol. The summed E-state index contributed by atoms with van der Waals surface area (Å²) in [6.07, 6.45) is 2.24. The van der Waals surface area contributed by atoms with Crippen LogP contribution in [0.5, 0.6) is 0 Å². The van der Waals surface area contributed by atoms with E-state index in [9.17, 15) is 0 Å². The van der Waals surface area contributed by atoms with Gasteiger partial charge in [0.15, 0.2) is 0 Å². The van der Waals surface area contributed by atoms with Crippen LogP contribution in [0.3, 0.4) is 0 Å². The summed E-state index contributed by atoms with van der Waals surface area (Å²) in [6, 6.07) is 4.30. The molecule has 1 aromatic heterocycles. The fourth-order valence-electron chi connectivity index (χ4n) is 0.874. The molecule has 0 amide bonds. The zero-order chi connectivity index (χ0) is 7.40. The van der Waals surface area contributed by atoms with Gasteiger partial charge >= 0.3 is 0 Å². The Kier molecular flexibility index (Phi) is 2.94. The first-order chi connectivity index (χ1) is 4.83. The molecule has 0 bridgehead atoms. The van der Waals surface area contributed by atoms with Crippen LogP contribution in [-0.2, 0) is 6.42 Å². The van der Waals surface area contributed by atoms with E-state index in [2.05, 4.69) is 31.4 Å². The first kappa shape index (κ1) is 7.80. The predicted octanol–water partition coefficient (Wildman–Crippen LogP) is 3.15. The van der Waals surface area contributed by atoms with Gasteiger partial charge in [-0.1, -0.05) is 26.3 Å². The first-order valence-electron chi connectivity index (χ1n) is 3.64. The van der Waals surface area contributed by atoms with Crippen LogP contribution < -0.4 is 0 Å². The second-order valence-corrected chi connectivity index (χ2v) is 3.71. The largest absolute Gasteiger partial charge is 0.149 e. The van der Waals surface area contributed by atoms with Crippen LogP contribution in [0, 0.1) is 12.8 Å². The van der Waals surface area contributed by atoms with Crippen molar-refractivity contribution in [3.8, 4) is 0 Å². The fraction of sp³-hybridized carbons (Fsp3) is 0.444. The van der Waals surface area contributed by atoms with Crippen molar-refractivity contribution in [2.45, 2.75) is 19.8 Å². The maximum absolute atomic E-state index is 3.87. The SMILES string of the molecule is [CH2]CC(C)Cc1cccs1. The van der Waals surface area contributed by atoms with Gasteiger partial charge in [0.05, 0.1) is 0 Å². The van der Waals surface area contributed by atoms with E-state index in [1.54, 1.807) is 0 Å². The van der Waals surface area contributed by atoms with Crippen molar-refractivity contribution in [1.82, 2.24) is 0 Å². The first-order valence-corrected chi connectivity index (χ1v) is 4.52. The van der Waals surface area contributed by atoms with Crippen molar-refractivity contribution < 1.29 is 0 Å². The van der Waals surface area contributed by atoms with Crippen LogP contribution in [0.1, 0.15) is 18.2 Å². The minimum atomic E-state index is 0.735. The minimum Gasteiger partial charge on any atom is -0.149 e. The Morgan fingerprint density at radius 1 is 1.70 bits per heavy atom. The van der Waals surface area contributed by atoms with Crippen LogP contribution in [0.25, 0.3) is 0 Å². The number of rotatable bonds is 3. The Hall–Kier alpha value is -0.300. The van der Waals surface area contributed by atoms with Gasteiger partial charge in [0.1, 0.15) is 0 Å². The lowest BCUT2D eigenvalue weighted by Crippen LogP contribution is -1.94. The molecule has 1 aromatic rings. The maximum atomic E-state index is 3.87. The quantitative estimate of drug-likeness (QED) is 0.625. The summed E-state index contributed by atoms with van der Waals surface area (Å²) >= 11 is 1.84. The highest BCUT2D eigenvalue weighted by Crippen LogP contribution is 2.15. The molecule has 0 aromatic carbocycles. The molecule has 1 rings (SSSR count). The number of hydrogen-bond donors (Lipinski definition) is 0. The summed E-state index contributed by atoms with van der Waals surface area (Å²) in [4.78, 5) is 1.48. The Labute approximate surface area is 66.9 Å². The summed E-state index contributed by atoms with van der Waals surface area (Å²) in [5.74, 6) is 0.735. The summed E-state index contributed by atoms with van der Waals surface area (Å²) < 4.78 is 0. The van der Waals surface area contributed by atoms with E-state index in [1.807, 2.05) is 11.3 Å². The number of thiophene rings is 1. The smallest absolute Gasteiger partial charge is 0.00478 e. The topological polar surface area (TPSA) is 0 Å². The molecule has 0 nitrogen and oxygen atoms in total. The Bertz CT molecular complexity index is 165. The molecule has 0 saturated carbocycles. The number of hydrogen-bond acceptors (Lipinski definition) is 1. The Morgan fingerprint density at radius 3 is 3.00 bits per heavy atom. The van der Waals surface area contributed by atoms with Gasteiger partial charge in [-0.3, -0.25) is 0 Å². The van der Waals surface area contributed by atoms with E-state index < -0.39 is 0 Å². The predicted molar refractivity (Wildman–Crippen MR) is 47.2 cm³/mol. The van der Waals surface area contributed by atoms with Gasteiger partial charge in [-0.2, -0.15) is 0 Å². The van der Waals surface area contributed by atoms with Gasteiger partial charge in [0.25, 0.3) is 0 Å². The monoisotopic (exact) mass is 153 g/mol. The molecule has 0 aliphatic rings. The van der Waals surface area contributed by atoms with Gasteiger partial charge in [-0.05, 0) is 23.8 Å². The molecule has 1 radical (unpaired) electrons. The molecule has 0 fully saturated rings. The van der Waals surface area contributed by atoms with E-state index >= 15 is 0 Å². The summed E-state index contributed by atoms with van der Waals surface area (Å²) in [5.41, 5.74) is 0. The second kappa shape index (κ2) is 3.77. The lowest BCUT2D eigenvalue weighted by Gasteiger charge is -2.04. The minimum absolute atomic E-state index is 0.735. The van der Waals surface area contributed by atoms with Crippen molar-refractivity contribution in [3.05, 3.63) is 29.3 Å². The average Bonchev–Trinajstić information content (AvgIpc) is 2.40. The van der Waals surface area contributed by atoms with Crippen molar-refractivity contribution in [2.24, 2.45) is 5.92 Å². The Balaban J connectivity index is 2.40. The molecule has 10 heavy (non-hydrogen) atoms. The molecule has 1 unspecified atom stereocenters. The molecule has 0 N–H and O–H groups in total. The molecular formula is C9H13S. The van der Waals surface area contributed by atoms with Crippen LogP contribution in [0.2, 0.25) is 0 Å². The van der Waals surface area contributed by atoms with E-state index in [0.717, 1.165) is 12.3 Å². The van der Waals surface area contributed by atoms with Gasteiger partial charge in [0, 0.05) is 4.88 Å². The van der Waals surface area contributed by atoms with Crippen molar-refractivity contribution >= 4 is 11.3 Å². The van der Waals surface area contributed by atoms with Crippen molar-refractivity contribution in [2.75, 3.05) is 0 Å². The molecule has 1 atom stereocenters. The van der Waals surface area contributed by atoms with Crippen LogP contribution >= 0.6 is 11.3 Å². The molecule has 0 aliphatic heterocycles. The molecule has 0 saturated heterocycles. The van der Waals surface area contributed by atoms with Crippen LogP contribution in [0.15, 0.2) is 17.5 Å². The highest BCUT2D eigenvalue weighted by molar-refractivity contribution is 7.09. The third-order valence-corrected chi connectivity index (χ3v) is 2.52. The lowest BCUT2D eigenvalue weighted by atomic mass is 10.0. The summed E-state index contributed by atoms with van der Waals surface area (Å²) in [6.45, 7) is 6.11. The van der Waals surface area contributed by atoms with Crippen molar-refractivity contribution in [3.63, 3.8) is 0 Å². The van der Waals surface area contributed by atoms with E-state index in [0.29, 0.717) is 0 Å². The van der Waals surface area contributed by atoms with E-state index in [4.69, 9.17) is 0 Å². The van der Waals surface area contributed by atoms with E-state index in [1.165, 1.54) is 11.3 Å². The van der Waals surface area contributed by atoms with Crippen LogP contribution in [0.4, 0.5) is 0 Å². The zero-order valence-corrected chi connectivity index (χ0v) is 7.16. The van der Waals surface area contributed by atoms with Crippen molar-refractivity contribution in [1.29, 1.82) is 0 Å². The maximum Gasteiger partial charge on any atom is 0.00478 e. The van der Waals surface area contributed by atoms with Crippen LogP contribution in [-0.4, -0.2) is 0 Å². The Morgan fingerprint density at radius 2 is 2.50 bits per heavy atom. The highest BCUT2D eigenvalue weighted by atomic mass is 32.1. The van der Waals surface area contributed by atoms with E-state index in [-0.39, 0.29) is 0 Å². The van der Waals surface area contributed by atoms with Gasteiger partial charge in [0.2, 0.25) is 0 Å². The average molecular weight is 153 g/mol. The second-order valence-electron chi connectivity index (χ2n) is 2.68. The third kappa shape index (κ3) is 2.14. The highest BCUT2D eigenvalue weighted by Gasteiger charge is 2.00. The zero-order valence-electron chi connectivity index (χ0n) is 6.34. The lowest BCUT2D eigenvalue weighted by molar-refractivity contribution is 0.593. The molecule has 1 heteroatoms. The normalized spacial score (nSPS) is 13.4. The molecule has 0 spiro atoms. The summed E-state index contributed by atoms with van der Waals surface area (Å²) in [7, 11) is 0. The van der Waals surface area contributed by atoms with Gasteiger partial charge in [-0.15, -0.1) is 11.3 Å². The van der Waals surface area contributed by atoms with Gasteiger partial charge in [-0.25, -0.2) is 0 Å². The standard InChI is InChI=1S/C9H13S/c1-3-8(2)7-9-5-4-6-10-9/h4-6,8H,1,3,7H2,2H3. The summed E-state index contributed by atoms with van der Waals surface area (Å²) in [5, 5.41) is 2.13. The molecule has 0 aliphatic carbocycles.